The fraction of sp³-hybridized carbons (Fsp3) is 0.533. The first-order chi connectivity index (χ1) is 8.79. The molecule has 19 heavy (non-hydrogen) atoms. The quantitative estimate of drug-likeness (QED) is 0.823. The van der Waals surface area contributed by atoms with Crippen LogP contribution in [0.15, 0.2) is 30.3 Å². The lowest BCUT2D eigenvalue weighted by molar-refractivity contribution is -0.100. The molecule has 0 radical (unpaired) electrons. The number of hydrogen-bond donors (Lipinski definition) is 0. The predicted octanol–water partition coefficient (Wildman–Crippen LogP) is 2.65. The van der Waals surface area contributed by atoms with Crippen LogP contribution in [0, 0.1) is 0 Å². The third kappa shape index (κ3) is 2.38. The fourth-order valence-electron chi connectivity index (χ4n) is 2.80. The highest BCUT2D eigenvalue weighted by molar-refractivity contribution is 5.95. The van der Waals surface area contributed by atoms with Crippen molar-refractivity contribution >= 4 is 5.91 Å². The number of carbonyl (C=O) groups excluding carboxylic acids is 1. The molecule has 1 aromatic carbocycles. The van der Waals surface area contributed by atoms with Gasteiger partial charge in [0.25, 0.3) is 5.91 Å². The summed E-state index contributed by atoms with van der Waals surface area (Å²) >= 11 is 0. The number of methoxy groups -OCH3 is 1. The van der Waals surface area contributed by atoms with Crippen molar-refractivity contribution in [1.82, 2.24) is 4.90 Å². The fourth-order valence-corrected chi connectivity index (χ4v) is 2.80. The Balaban J connectivity index is 2.39. The molecule has 0 bridgehead atoms. The molecule has 1 aliphatic rings. The molecule has 104 valence electrons. The van der Waals surface area contributed by atoms with E-state index in [1.165, 1.54) is 0 Å². The van der Waals surface area contributed by atoms with Crippen molar-refractivity contribution in [3.8, 4) is 0 Å². The van der Waals surface area contributed by atoms with Gasteiger partial charge in [-0.1, -0.05) is 18.2 Å². The summed E-state index contributed by atoms with van der Waals surface area (Å²) in [5, 5.41) is 0. The zero-order valence-corrected chi connectivity index (χ0v) is 12.1. The van der Waals surface area contributed by atoms with Gasteiger partial charge >= 0.3 is 0 Å². The van der Waals surface area contributed by atoms with Crippen LogP contribution in [-0.2, 0) is 9.47 Å². The zero-order valence-electron chi connectivity index (χ0n) is 12.1. The van der Waals surface area contributed by atoms with Gasteiger partial charge in [-0.3, -0.25) is 9.69 Å². The third-order valence-electron chi connectivity index (χ3n) is 3.38. The van der Waals surface area contributed by atoms with Crippen molar-refractivity contribution in [2.24, 2.45) is 0 Å². The van der Waals surface area contributed by atoms with Crippen molar-refractivity contribution in [2.75, 3.05) is 7.11 Å². The Hall–Kier alpha value is -1.39. The maximum Gasteiger partial charge on any atom is 0.258 e. The van der Waals surface area contributed by atoms with E-state index in [0.29, 0.717) is 5.56 Å². The third-order valence-corrected chi connectivity index (χ3v) is 3.38. The van der Waals surface area contributed by atoms with Crippen LogP contribution >= 0.6 is 0 Å². The number of nitrogens with zero attached hydrogens (tertiary/aromatic N) is 1. The summed E-state index contributed by atoms with van der Waals surface area (Å²) in [5.41, 5.74) is -0.598. The average Bonchev–Trinajstić information content (AvgIpc) is 2.53. The van der Waals surface area contributed by atoms with Gasteiger partial charge in [0, 0.05) is 12.7 Å². The standard InChI is InChI=1S/C15H21NO3/c1-14(2)13(18-5)16(15(3,4)19-14)12(17)11-9-7-6-8-10-11/h6-10,13H,1-5H3. The Morgan fingerprint density at radius 2 is 1.79 bits per heavy atom. The van der Waals surface area contributed by atoms with Crippen LogP contribution in [0.2, 0.25) is 0 Å². The topological polar surface area (TPSA) is 38.8 Å². The molecule has 1 aromatic rings. The van der Waals surface area contributed by atoms with E-state index in [2.05, 4.69) is 0 Å². The largest absolute Gasteiger partial charge is 0.358 e. The summed E-state index contributed by atoms with van der Waals surface area (Å²) in [4.78, 5) is 14.4. The maximum absolute atomic E-state index is 12.7. The lowest BCUT2D eigenvalue weighted by Gasteiger charge is -2.33. The van der Waals surface area contributed by atoms with Gasteiger partial charge < -0.3 is 9.47 Å². The molecule has 1 atom stereocenters. The Bertz CT molecular complexity index is 468. The molecule has 4 nitrogen and oxygen atoms in total. The molecule has 0 N–H and O–H groups in total. The first-order valence-electron chi connectivity index (χ1n) is 6.41. The van der Waals surface area contributed by atoms with Crippen molar-refractivity contribution in [2.45, 2.75) is 45.2 Å². The van der Waals surface area contributed by atoms with Gasteiger partial charge in [0.15, 0.2) is 6.23 Å². The van der Waals surface area contributed by atoms with E-state index < -0.39 is 17.6 Å². The van der Waals surface area contributed by atoms with Gasteiger partial charge in [-0.05, 0) is 39.8 Å². The molecule has 2 rings (SSSR count). The van der Waals surface area contributed by atoms with Gasteiger partial charge in [0.2, 0.25) is 0 Å². The molecular formula is C15H21NO3. The average molecular weight is 263 g/mol. The molecule has 0 aliphatic carbocycles. The monoisotopic (exact) mass is 263 g/mol. The van der Waals surface area contributed by atoms with E-state index in [9.17, 15) is 4.79 Å². The van der Waals surface area contributed by atoms with Crippen LogP contribution in [0.25, 0.3) is 0 Å². The van der Waals surface area contributed by atoms with Crippen LogP contribution in [0.4, 0.5) is 0 Å². The highest BCUT2D eigenvalue weighted by Crippen LogP contribution is 2.40. The van der Waals surface area contributed by atoms with Crippen molar-refractivity contribution in [3.05, 3.63) is 35.9 Å². The minimum atomic E-state index is -0.697. The Labute approximate surface area is 114 Å². The maximum atomic E-state index is 12.7. The molecule has 1 aliphatic heterocycles. The number of ether oxygens (including phenoxy) is 2. The second-order valence-electron chi connectivity index (χ2n) is 5.78. The lowest BCUT2D eigenvalue weighted by Crippen LogP contribution is -2.50. The van der Waals surface area contributed by atoms with Crippen LogP contribution in [0.3, 0.4) is 0 Å². The van der Waals surface area contributed by atoms with Gasteiger partial charge in [-0.2, -0.15) is 0 Å². The molecular weight excluding hydrogens is 242 g/mol. The SMILES string of the molecule is COC1N(C(=O)c2ccccc2)C(C)(C)OC1(C)C. The summed E-state index contributed by atoms with van der Waals surface area (Å²) in [7, 11) is 1.60. The number of rotatable bonds is 2. The number of benzene rings is 1. The van der Waals surface area contributed by atoms with Crippen molar-refractivity contribution in [3.63, 3.8) is 0 Å². The second-order valence-corrected chi connectivity index (χ2v) is 5.78. The first-order valence-corrected chi connectivity index (χ1v) is 6.41. The van der Waals surface area contributed by atoms with E-state index in [-0.39, 0.29) is 5.91 Å². The summed E-state index contributed by atoms with van der Waals surface area (Å²) in [6.45, 7) is 7.63. The van der Waals surface area contributed by atoms with Crippen molar-refractivity contribution in [1.29, 1.82) is 0 Å². The van der Waals surface area contributed by atoms with Crippen molar-refractivity contribution < 1.29 is 14.3 Å². The lowest BCUT2D eigenvalue weighted by atomic mass is 10.1. The molecule has 0 spiro atoms. The van der Waals surface area contributed by atoms with E-state index >= 15 is 0 Å². The molecule has 4 heteroatoms. The van der Waals surface area contributed by atoms with Crippen LogP contribution in [0.1, 0.15) is 38.1 Å². The number of carbonyl (C=O) groups is 1. The second kappa shape index (κ2) is 4.62. The van der Waals surface area contributed by atoms with E-state index in [1.807, 2.05) is 45.9 Å². The highest BCUT2D eigenvalue weighted by atomic mass is 16.6. The molecule has 1 heterocycles. The van der Waals surface area contributed by atoms with Gasteiger partial charge in [-0.15, -0.1) is 0 Å². The van der Waals surface area contributed by atoms with Crippen LogP contribution in [-0.4, -0.2) is 35.5 Å². The van der Waals surface area contributed by atoms with Crippen LogP contribution < -0.4 is 0 Å². The minimum absolute atomic E-state index is 0.0805. The van der Waals surface area contributed by atoms with E-state index in [1.54, 1.807) is 24.1 Å². The number of amides is 1. The molecule has 1 saturated heterocycles. The summed E-state index contributed by atoms with van der Waals surface area (Å²) < 4.78 is 11.5. The van der Waals surface area contributed by atoms with E-state index in [4.69, 9.17) is 9.47 Å². The predicted molar refractivity (Wildman–Crippen MR) is 72.7 cm³/mol. The molecule has 0 saturated carbocycles. The highest BCUT2D eigenvalue weighted by Gasteiger charge is 2.54. The van der Waals surface area contributed by atoms with Gasteiger partial charge in [0.1, 0.15) is 11.3 Å². The van der Waals surface area contributed by atoms with Gasteiger partial charge in [-0.25, -0.2) is 0 Å². The minimum Gasteiger partial charge on any atom is -0.358 e. The van der Waals surface area contributed by atoms with Gasteiger partial charge in [0.05, 0.1) is 0 Å². The number of hydrogen-bond acceptors (Lipinski definition) is 3. The van der Waals surface area contributed by atoms with E-state index in [0.717, 1.165) is 0 Å². The molecule has 1 unspecified atom stereocenters. The molecule has 1 fully saturated rings. The molecule has 1 amide bonds. The first kappa shape index (κ1) is 14.0. The molecule has 0 aromatic heterocycles. The summed E-state index contributed by atoms with van der Waals surface area (Å²) in [5.74, 6) is -0.0805. The summed E-state index contributed by atoms with van der Waals surface area (Å²) in [6, 6.07) is 9.20. The zero-order chi connectivity index (χ0) is 14.3. The smallest absolute Gasteiger partial charge is 0.258 e. The Morgan fingerprint density at radius 1 is 1.21 bits per heavy atom. The summed E-state index contributed by atoms with van der Waals surface area (Å²) in [6.07, 6.45) is -0.407. The Kier molecular flexibility index (Phi) is 3.41. The normalized spacial score (nSPS) is 24.5. The van der Waals surface area contributed by atoms with Crippen LogP contribution in [0.5, 0.6) is 0 Å². The Morgan fingerprint density at radius 3 is 2.32 bits per heavy atom.